The molecule has 138 valence electrons. The summed E-state index contributed by atoms with van der Waals surface area (Å²) in [5, 5.41) is 0. The fourth-order valence-corrected chi connectivity index (χ4v) is 3.17. The van der Waals surface area contributed by atoms with Crippen LogP contribution in [0.3, 0.4) is 0 Å². The van der Waals surface area contributed by atoms with Crippen LogP contribution in [-0.4, -0.2) is 48.6 Å². The summed E-state index contributed by atoms with van der Waals surface area (Å²) in [6.07, 6.45) is 1.80. The van der Waals surface area contributed by atoms with Crippen LogP contribution in [0.1, 0.15) is 25.3 Å². The van der Waals surface area contributed by atoms with Crippen LogP contribution in [0.25, 0.3) is 0 Å². The molecule has 1 aromatic carbocycles. The molecule has 5 nitrogen and oxygen atoms in total. The monoisotopic (exact) mass is 417 g/mol. The minimum Gasteiger partial charge on any atom is -0.484 e. The molecule has 6 heteroatoms. The molecule has 0 radical (unpaired) electrons. The van der Waals surface area contributed by atoms with Gasteiger partial charge in [-0.05, 0) is 51.7 Å². The Morgan fingerprint density at radius 2 is 1.96 bits per heavy atom. The standard InChI is InChI=1S/C20H24BrN3O2/c1-15(2)16-4-3-5-18(12-16)26-14-20(25)24-10-8-23(9-11-24)19-7-6-17(21)13-22-19/h3-7,12-13,15H,8-11,14H2,1-2H3. The van der Waals surface area contributed by atoms with Gasteiger partial charge in [-0.3, -0.25) is 4.79 Å². The molecule has 1 fully saturated rings. The number of hydrogen-bond donors (Lipinski definition) is 0. The molecule has 1 aliphatic heterocycles. The van der Waals surface area contributed by atoms with E-state index in [2.05, 4.69) is 45.7 Å². The number of carbonyl (C=O) groups is 1. The summed E-state index contributed by atoms with van der Waals surface area (Å²) in [6.45, 7) is 7.30. The minimum absolute atomic E-state index is 0.0309. The number of benzene rings is 1. The van der Waals surface area contributed by atoms with Crippen molar-refractivity contribution in [3.05, 3.63) is 52.6 Å². The molecule has 2 aromatic rings. The van der Waals surface area contributed by atoms with Crippen LogP contribution in [0.2, 0.25) is 0 Å². The summed E-state index contributed by atoms with van der Waals surface area (Å²) in [5.74, 6) is 2.17. The van der Waals surface area contributed by atoms with Crippen LogP contribution >= 0.6 is 15.9 Å². The van der Waals surface area contributed by atoms with E-state index in [0.717, 1.165) is 29.1 Å². The first kappa shape index (κ1) is 18.7. The van der Waals surface area contributed by atoms with Crippen molar-refractivity contribution in [1.29, 1.82) is 0 Å². The van der Waals surface area contributed by atoms with Crippen molar-refractivity contribution in [2.75, 3.05) is 37.7 Å². The first-order valence-corrected chi connectivity index (χ1v) is 9.69. The molecule has 2 heterocycles. The second kappa shape index (κ2) is 8.54. The zero-order valence-corrected chi connectivity index (χ0v) is 16.8. The number of anilines is 1. The Balaban J connectivity index is 1.49. The van der Waals surface area contributed by atoms with Gasteiger partial charge in [0.15, 0.2) is 6.61 Å². The van der Waals surface area contributed by atoms with E-state index >= 15 is 0 Å². The SMILES string of the molecule is CC(C)c1cccc(OCC(=O)N2CCN(c3ccc(Br)cn3)CC2)c1. The summed E-state index contributed by atoms with van der Waals surface area (Å²) in [4.78, 5) is 20.9. The Morgan fingerprint density at radius 1 is 1.19 bits per heavy atom. The van der Waals surface area contributed by atoms with E-state index in [1.165, 1.54) is 5.56 Å². The van der Waals surface area contributed by atoms with Crippen molar-refractivity contribution in [2.45, 2.75) is 19.8 Å². The lowest BCUT2D eigenvalue weighted by atomic mass is 10.0. The van der Waals surface area contributed by atoms with E-state index in [1.54, 1.807) is 6.20 Å². The normalized spacial score (nSPS) is 14.6. The summed E-state index contributed by atoms with van der Waals surface area (Å²) >= 11 is 3.40. The Kier molecular flexibility index (Phi) is 6.14. The van der Waals surface area contributed by atoms with E-state index in [0.29, 0.717) is 19.0 Å². The molecular weight excluding hydrogens is 394 g/mol. The van der Waals surface area contributed by atoms with Gasteiger partial charge in [-0.2, -0.15) is 0 Å². The van der Waals surface area contributed by atoms with Gasteiger partial charge in [0.25, 0.3) is 5.91 Å². The van der Waals surface area contributed by atoms with Crippen LogP contribution in [0.4, 0.5) is 5.82 Å². The molecule has 1 aromatic heterocycles. The summed E-state index contributed by atoms with van der Waals surface area (Å²) in [6, 6.07) is 11.9. The predicted molar refractivity (Wildman–Crippen MR) is 107 cm³/mol. The van der Waals surface area contributed by atoms with Crippen LogP contribution < -0.4 is 9.64 Å². The Labute approximate surface area is 163 Å². The molecule has 0 spiro atoms. The summed E-state index contributed by atoms with van der Waals surface area (Å²) in [5.41, 5.74) is 1.21. The number of halogens is 1. The van der Waals surface area contributed by atoms with Gasteiger partial charge in [-0.15, -0.1) is 0 Å². The molecule has 0 N–H and O–H groups in total. The number of carbonyl (C=O) groups excluding carboxylic acids is 1. The topological polar surface area (TPSA) is 45.7 Å². The zero-order valence-electron chi connectivity index (χ0n) is 15.2. The third-order valence-electron chi connectivity index (χ3n) is 4.56. The van der Waals surface area contributed by atoms with Gasteiger partial charge in [0.05, 0.1) is 0 Å². The Bertz CT molecular complexity index is 741. The summed E-state index contributed by atoms with van der Waals surface area (Å²) < 4.78 is 6.68. The van der Waals surface area contributed by atoms with Gasteiger partial charge < -0.3 is 14.5 Å². The number of ether oxygens (including phenoxy) is 1. The van der Waals surface area contributed by atoms with E-state index in [9.17, 15) is 4.79 Å². The molecule has 0 unspecified atom stereocenters. The third kappa shape index (κ3) is 4.75. The zero-order chi connectivity index (χ0) is 18.5. The minimum atomic E-state index is 0.0309. The molecule has 1 saturated heterocycles. The smallest absolute Gasteiger partial charge is 0.260 e. The van der Waals surface area contributed by atoms with E-state index < -0.39 is 0 Å². The van der Waals surface area contributed by atoms with Gasteiger partial charge in [0, 0.05) is 36.8 Å². The van der Waals surface area contributed by atoms with Crippen LogP contribution in [0.5, 0.6) is 5.75 Å². The maximum Gasteiger partial charge on any atom is 0.260 e. The second-order valence-corrected chi connectivity index (χ2v) is 7.63. The molecule has 0 saturated carbocycles. The molecule has 0 bridgehead atoms. The Hall–Kier alpha value is -2.08. The molecular formula is C20H24BrN3O2. The first-order chi connectivity index (χ1) is 12.5. The van der Waals surface area contributed by atoms with E-state index in [1.807, 2.05) is 35.2 Å². The van der Waals surface area contributed by atoms with Crippen molar-refractivity contribution < 1.29 is 9.53 Å². The number of pyridine rings is 1. The van der Waals surface area contributed by atoms with Gasteiger partial charge in [-0.25, -0.2) is 4.98 Å². The van der Waals surface area contributed by atoms with Gasteiger partial charge in [0.2, 0.25) is 0 Å². The highest BCUT2D eigenvalue weighted by atomic mass is 79.9. The van der Waals surface area contributed by atoms with Crippen molar-refractivity contribution in [2.24, 2.45) is 0 Å². The molecule has 1 amide bonds. The third-order valence-corrected chi connectivity index (χ3v) is 5.02. The number of amides is 1. The van der Waals surface area contributed by atoms with E-state index in [4.69, 9.17) is 4.74 Å². The number of hydrogen-bond acceptors (Lipinski definition) is 4. The average Bonchev–Trinajstić information content (AvgIpc) is 2.67. The van der Waals surface area contributed by atoms with E-state index in [-0.39, 0.29) is 12.5 Å². The largest absolute Gasteiger partial charge is 0.484 e. The molecule has 0 aliphatic carbocycles. The van der Waals surface area contributed by atoms with Crippen molar-refractivity contribution in [3.8, 4) is 5.75 Å². The highest BCUT2D eigenvalue weighted by Crippen LogP contribution is 2.20. The highest BCUT2D eigenvalue weighted by molar-refractivity contribution is 9.10. The highest BCUT2D eigenvalue weighted by Gasteiger charge is 2.22. The van der Waals surface area contributed by atoms with Crippen LogP contribution in [0.15, 0.2) is 47.1 Å². The average molecular weight is 418 g/mol. The lowest BCUT2D eigenvalue weighted by Gasteiger charge is -2.35. The van der Waals surface area contributed by atoms with Crippen molar-refractivity contribution >= 4 is 27.7 Å². The molecule has 1 aliphatic rings. The molecule has 26 heavy (non-hydrogen) atoms. The number of rotatable bonds is 5. The van der Waals surface area contributed by atoms with Crippen LogP contribution in [0, 0.1) is 0 Å². The second-order valence-electron chi connectivity index (χ2n) is 6.72. The number of aromatic nitrogens is 1. The van der Waals surface area contributed by atoms with Gasteiger partial charge >= 0.3 is 0 Å². The van der Waals surface area contributed by atoms with Gasteiger partial charge in [0.1, 0.15) is 11.6 Å². The van der Waals surface area contributed by atoms with Crippen molar-refractivity contribution in [3.63, 3.8) is 0 Å². The number of piperazine rings is 1. The fraction of sp³-hybridized carbons (Fsp3) is 0.400. The maximum absolute atomic E-state index is 12.4. The lowest BCUT2D eigenvalue weighted by Crippen LogP contribution is -2.50. The quantitative estimate of drug-likeness (QED) is 0.743. The van der Waals surface area contributed by atoms with Crippen LogP contribution in [-0.2, 0) is 4.79 Å². The van der Waals surface area contributed by atoms with Gasteiger partial charge in [-0.1, -0.05) is 26.0 Å². The summed E-state index contributed by atoms with van der Waals surface area (Å²) in [7, 11) is 0. The predicted octanol–water partition coefficient (Wildman–Crippen LogP) is 3.70. The number of nitrogens with zero attached hydrogens (tertiary/aromatic N) is 3. The molecule has 0 atom stereocenters. The lowest BCUT2D eigenvalue weighted by molar-refractivity contribution is -0.133. The maximum atomic E-state index is 12.4. The first-order valence-electron chi connectivity index (χ1n) is 8.90. The fourth-order valence-electron chi connectivity index (χ4n) is 2.94. The van der Waals surface area contributed by atoms with Crippen molar-refractivity contribution in [1.82, 2.24) is 9.88 Å². The molecule has 3 rings (SSSR count). The Morgan fingerprint density at radius 3 is 2.62 bits per heavy atom.